The number of hydrogen-bond donors (Lipinski definition) is 1. The summed E-state index contributed by atoms with van der Waals surface area (Å²) in [5.74, 6) is 2.50. The van der Waals surface area contributed by atoms with Gasteiger partial charge in [-0.1, -0.05) is 23.7 Å². The Labute approximate surface area is 130 Å². The van der Waals surface area contributed by atoms with Crippen LogP contribution in [0.2, 0.25) is 5.02 Å². The first-order valence-corrected chi connectivity index (χ1v) is 8.99. The smallest absolute Gasteiger partial charge is 0.0713 e. The van der Waals surface area contributed by atoms with Gasteiger partial charge in [0.1, 0.15) is 0 Å². The Hall–Kier alpha value is -0.220. The molecule has 2 aliphatic rings. The minimum atomic E-state index is 0.162. The lowest BCUT2D eigenvalue weighted by molar-refractivity contribution is -0.0933. The SMILES string of the molecule is Clc1cccc(CNC2CCOC3(CCSCC3)C2)c1. The number of thioether (sulfide) groups is 1. The average molecular weight is 312 g/mol. The largest absolute Gasteiger partial charge is 0.375 e. The molecule has 2 nitrogen and oxygen atoms in total. The third-order valence-corrected chi connectivity index (χ3v) is 5.60. The Bertz CT molecular complexity index is 442. The molecule has 3 rings (SSSR count). The highest BCUT2D eigenvalue weighted by Gasteiger charge is 2.38. The maximum atomic E-state index is 6.13. The molecule has 20 heavy (non-hydrogen) atoms. The molecule has 0 saturated carbocycles. The molecule has 1 spiro atoms. The standard InChI is InChI=1S/C16H22ClNOS/c17-14-3-1-2-13(10-14)12-18-15-4-7-19-16(11-15)5-8-20-9-6-16/h1-3,10,15,18H,4-9,11-12H2. The normalized spacial score (nSPS) is 25.8. The van der Waals surface area contributed by atoms with Gasteiger partial charge in [0.15, 0.2) is 0 Å². The van der Waals surface area contributed by atoms with Crippen molar-refractivity contribution in [1.29, 1.82) is 0 Å². The Kier molecular flexibility index (Phi) is 4.92. The highest BCUT2D eigenvalue weighted by molar-refractivity contribution is 7.99. The second-order valence-electron chi connectivity index (χ2n) is 5.84. The molecule has 2 aliphatic heterocycles. The van der Waals surface area contributed by atoms with Crippen molar-refractivity contribution in [2.24, 2.45) is 0 Å². The van der Waals surface area contributed by atoms with Gasteiger partial charge < -0.3 is 10.1 Å². The molecule has 2 heterocycles. The predicted molar refractivity (Wildman–Crippen MR) is 86.6 cm³/mol. The summed E-state index contributed by atoms with van der Waals surface area (Å²) in [7, 11) is 0. The van der Waals surface area contributed by atoms with Crippen LogP contribution in [0.1, 0.15) is 31.2 Å². The van der Waals surface area contributed by atoms with Crippen LogP contribution in [-0.4, -0.2) is 29.8 Å². The Balaban J connectivity index is 1.55. The van der Waals surface area contributed by atoms with E-state index in [4.69, 9.17) is 16.3 Å². The molecule has 0 aliphatic carbocycles. The van der Waals surface area contributed by atoms with Crippen molar-refractivity contribution in [3.05, 3.63) is 34.9 Å². The van der Waals surface area contributed by atoms with Crippen LogP contribution in [0.25, 0.3) is 0 Å². The van der Waals surface area contributed by atoms with E-state index >= 15 is 0 Å². The number of nitrogens with one attached hydrogen (secondary N) is 1. The van der Waals surface area contributed by atoms with Crippen LogP contribution in [0.3, 0.4) is 0 Å². The minimum absolute atomic E-state index is 0.162. The molecule has 0 radical (unpaired) electrons. The van der Waals surface area contributed by atoms with Crippen LogP contribution in [-0.2, 0) is 11.3 Å². The molecular weight excluding hydrogens is 290 g/mol. The lowest BCUT2D eigenvalue weighted by Gasteiger charge is -2.43. The van der Waals surface area contributed by atoms with Crippen molar-refractivity contribution < 1.29 is 4.74 Å². The van der Waals surface area contributed by atoms with Gasteiger partial charge in [0.25, 0.3) is 0 Å². The second kappa shape index (κ2) is 6.69. The average Bonchev–Trinajstić information content (AvgIpc) is 2.46. The topological polar surface area (TPSA) is 21.3 Å². The quantitative estimate of drug-likeness (QED) is 0.915. The summed E-state index contributed by atoms with van der Waals surface area (Å²) in [4.78, 5) is 0. The summed E-state index contributed by atoms with van der Waals surface area (Å²) in [6, 6.07) is 8.69. The molecule has 0 amide bonds. The molecule has 2 saturated heterocycles. The Morgan fingerprint density at radius 2 is 2.20 bits per heavy atom. The Morgan fingerprint density at radius 1 is 1.35 bits per heavy atom. The lowest BCUT2D eigenvalue weighted by Crippen LogP contribution is -2.48. The van der Waals surface area contributed by atoms with Crippen LogP contribution >= 0.6 is 23.4 Å². The minimum Gasteiger partial charge on any atom is -0.375 e. The van der Waals surface area contributed by atoms with E-state index in [-0.39, 0.29) is 5.60 Å². The van der Waals surface area contributed by atoms with Crippen molar-refractivity contribution in [2.75, 3.05) is 18.1 Å². The van der Waals surface area contributed by atoms with E-state index in [1.807, 2.05) is 18.2 Å². The van der Waals surface area contributed by atoms with E-state index < -0.39 is 0 Å². The van der Waals surface area contributed by atoms with E-state index in [0.717, 1.165) is 31.0 Å². The van der Waals surface area contributed by atoms with Gasteiger partial charge >= 0.3 is 0 Å². The highest BCUT2D eigenvalue weighted by Crippen LogP contribution is 2.37. The zero-order valence-electron chi connectivity index (χ0n) is 11.7. The molecule has 1 N–H and O–H groups in total. The second-order valence-corrected chi connectivity index (χ2v) is 7.51. The third kappa shape index (κ3) is 3.70. The van der Waals surface area contributed by atoms with Gasteiger partial charge in [0, 0.05) is 24.2 Å². The van der Waals surface area contributed by atoms with Crippen molar-refractivity contribution in [3.63, 3.8) is 0 Å². The van der Waals surface area contributed by atoms with Gasteiger partial charge in [0.2, 0.25) is 0 Å². The number of hydrogen-bond acceptors (Lipinski definition) is 3. The van der Waals surface area contributed by atoms with Crippen molar-refractivity contribution in [1.82, 2.24) is 5.32 Å². The van der Waals surface area contributed by atoms with E-state index in [1.54, 1.807) is 0 Å². The summed E-state index contributed by atoms with van der Waals surface area (Å²) in [6.07, 6.45) is 4.71. The number of ether oxygens (including phenoxy) is 1. The molecule has 1 atom stereocenters. The van der Waals surface area contributed by atoms with Gasteiger partial charge in [-0.25, -0.2) is 0 Å². The molecule has 1 aromatic rings. The van der Waals surface area contributed by atoms with Gasteiger partial charge in [-0.15, -0.1) is 0 Å². The van der Waals surface area contributed by atoms with Crippen LogP contribution in [0.5, 0.6) is 0 Å². The molecular formula is C16H22ClNOS. The fraction of sp³-hybridized carbons (Fsp3) is 0.625. The Morgan fingerprint density at radius 3 is 3.00 bits per heavy atom. The number of halogens is 1. The molecule has 1 aromatic carbocycles. The molecule has 0 aromatic heterocycles. The van der Waals surface area contributed by atoms with Gasteiger partial charge in [-0.2, -0.15) is 11.8 Å². The maximum absolute atomic E-state index is 6.13. The zero-order valence-corrected chi connectivity index (χ0v) is 13.3. The molecule has 0 bridgehead atoms. The van der Waals surface area contributed by atoms with Gasteiger partial charge in [-0.05, 0) is 54.9 Å². The van der Waals surface area contributed by atoms with E-state index in [9.17, 15) is 0 Å². The van der Waals surface area contributed by atoms with Crippen LogP contribution < -0.4 is 5.32 Å². The summed E-state index contributed by atoms with van der Waals surface area (Å²) in [5.41, 5.74) is 1.42. The fourth-order valence-corrected chi connectivity index (χ4v) is 4.65. The number of rotatable bonds is 3. The van der Waals surface area contributed by atoms with Gasteiger partial charge in [-0.3, -0.25) is 0 Å². The van der Waals surface area contributed by atoms with E-state index in [2.05, 4.69) is 23.1 Å². The molecule has 1 unspecified atom stereocenters. The highest BCUT2D eigenvalue weighted by atomic mass is 35.5. The summed E-state index contributed by atoms with van der Waals surface area (Å²) >= 11 is 8.09. The maximum Gasteiger partial charge on any atom is 0.0713 e. The van der Waals surface area contributed by atoms with Crippen molar-refractivity contribution in [3.8, 4) is 0 Å². The summed E-state index contributed by atoms with van der Waals surface area (Å²) in [6.45, 7) is 1.80. The monoisotopic (exact) mass is 311 g/mol. The predicted octanol–water partition coefficient (Wildman–Crippen LogP) is 3.87. The molecule has 110 valence electrons. The molecule has 4 heteroatoms. The first kappa shape index (κ1) is 14.7. The van der Waals surface area contributed by atoms with Crippen molar-refractivity contribution >= 4 is 23.4 Å². The first-order chi connectivity index (χ1) is 9.76. The van der Waals surface area contributed by atoms with Crippen LogP contribution in [0.15, 0.2) is 24.3 Å². The first-order valence-electron chi connectivity index (χ1n) is 7.45. The van der Waals surface area contributed by atoms with Crippen LogP contribution in [0.4, 0.5) is 0 Å². The van der Waals surface area contributed by atoms with E-state index in [1.165, 1.54) is 29.9 Å². The fourth-order valence-electron chi connectivity index (χ4n) is 3.20. The number of benzene rings is 1. The molecule has 2 fully saturated rings. The lowest BCUT2D eigenvalue weighted by atomic mass is 9.85. The van der Waals surface area contributed by atoms with Crippen molar-refractivity contribution in [2.45, 2.75) is 43.9 Å². The van der Waals surface area contributed by atoms with E-state index in [0.29, 0.717) is 6.04 Å². The summed E-state index contributed by atoms with van der Waals surface area (Å²) in [5, 5.41) is 4.51. The zero-order chi connectivity index (χ0) is 13.8. The van der Waals surface area contributed by atoms with Crippen LogP contribution in [0, 0.1) is 0 Å². The van der Waals surface area contributed by atoms with Gasteiger partial charge in [0.05, 0.1) is 5.60 Å². The third-order valence-electron chi connectivity index (χ3n) is 4.38. The summed E-state index contributed by atoms with van der Waals surface area (Å²) < 4.78 is 6.13.